The highest BCUT2D eigenvalue weighted by atomic mass is 35.5. The van der Waals surface area contributed by atoms with E-state index in [1.54, 1.807) is 13.8 Å². The van der Waals surface area contributed by atoms with Crippen molar-refractivity contribution in [3.63, 3.8) is 0 Å². The summed E-state index contributed by atoms with van der Waals surface area (Å²) in [5.41, 5.74) is 0.208. The van der Waals surface area contributed by atoms with Crippen LogP contribution in [0.1, 0.15) is 32.3 Å². The highest BCUT2D eigenvalue weighted by Gasteiger charge is 2.21. The van der Waals surface area contributed by atoms with Crippen molar-refractivity contribution < 1.29 is 9.84 Å². The lowest BCUT2D eigenvalue weighted by Crippen LogP contribution is -2.28. The summed E-state index contributed by atoms with van der Waals surface area (Å²) >= 11 is 6.01. The third-order valence-corrected chi connectivity index (χ3v) is 3.00. The monoisotopic (exact) mass is 269 g/mol. The molecule has 0 bridgehead atoms. The molecular weight excluding hydrogens is 250 g/mol. The van der Waals surface area contributed by atoms with Gasteiger partial charge in [0.05, 0.1) is 5.60 Å². The van der Waals surface area contributed by atoms with E-state index in [1.807, 2.05) is 18.2 Å². The van der Waals surface area contributed by atoms with Gasteiger partial charge in [-0.15, -0.1) is 0 Å². The standard InChI is InChI=1S/C14H20ClNO2/c1-14(2,17)9-18-13-6-3-11(15)7-10(13)8-16-12-4-5-12/h3,6-7,12,16-17H,4-5,8-9H2,1-2H3. The summed E-state index contributed by atoms with van der Waals surface area (Å²) < 4.78 is 5.66. The van der Waals surface area contributed by atoms with Gasteiger partial charge < -0.3 is 15.2 Å². The van der Waals surface area contributed by atoms with Crippen LogP contribution in [0.25, 0.3) is 0 Å². The molecule has 1 aliphatic carbocycles. The van der Waals surface area contributed by atoms with E-state index in [1.165, 1.54) is 12.8 Å². The Kier molecular flexibility index (Phi) is 4.15. The minimum atomic E-state index is -0.833. The van der Waals surface area contributed by atoms with Crippen molar-refractivity contribution in [1.82, 2.24) is 5.32 Å². The Morgan fingerprint density at radius 2 is 2.17 bits per heavy atom. The highest BCUT2D eigenvalue weighted by Crippen LogP contribution is 2.26. The summed E-state index contributed by atoms with van der Waals surface area (Å²) in [6.07, 6.45) is 2.50. The van der Waals surface area contributed by atoms with Gasteiger partial charge in [-0.1, -0.05) is 11.6 Å². The van der Waals surface area contributed by atoms with E-state index in [0.29, 0.717) is 11.1 Å². The maximum Gasteiger partial charge on any atom is 0.124 e. The zero-order chi connectivity index (χ0) is 13.2. The average molecular weight is 270 g/mol. The quantitative estimate of drug-likeness (QED) is 0.834. The van der Waals surface area contributed by atoms with Crippen LogP contribution in [0.2, 0.25) is 5.02 Å². The number of ether oxygens (including phenoxy) is 1. The Morgan fingerprint density at radius 3 is 2.78 bits per heavy atom. The molecule has 1 aromatic rings. The van der Waals surface area contributed by atoms with Gasteiger partial charge in [0.2, 0.25) is 0 Å². The fourth-order valence-corrected chi connectivity index (χ4v) is 1.82. The van der Waals surface area contributed by atoms with Crippen molar-refractivity contribution in [3.05, 3.63) is 28.8 Å². The summed E-state index contributed by atoms with van der Waals surface area (Å²) in [5, 5.41) is 13.8. The first-order valence-corrected chi connectivity index (χ1v) is 6.69. The first kappa shape index (κ1) is 13.7. The molecule has 4 heteroatoms. The second kappa shape index (κ2) is 5.47. The maximum absolute atomic E-state index is 9.69. The molecule has 2 N–H and O–H groups in total. The number of rotatable bonds is 6. The predicted molar refractivity (Wildman–Crippen MR) is 73.1 cm³/mol. The van der Waals surface area contributed by atoms with Gasteiger partial charge in [0.15, 0.2) is 0 Å². The highest BCUT2D eigenvalue weighted by molar-refractivity contribution is 6.30. The Balaban J connectivity index is 2.01. The minimum Gasteiger partial charge on any atom is -0.490 e. The molecule has 1 aromatic carbocycles. The molecule has 0 saturated heterocycles. The van der Waals surface area contributed by atoms with Gasteiger partial charge >= 0.3 is 0 Å². The van der Waals surface area contributed by atoms with Crippen LogP contribution in [0.15, 0.2) is 18.2 Å². The van der Waals surface area contributed by atoms with E-state index in [-0.39, 0.29) is 6.61 Å². The van der Waals surface area contributed by atoms with Crippen LogP contribution >= 0.6 is 11.6 Å². The molecule has 0 aromatic heterocycles. The molecule has 0 amide bonds. The van der Waals surface area contributed by atoms with Gasteiger partial charge in [-0.25, -0.2) is 0 Å². The third kappa shape index (κ3) is 4.48. The van der Waals surface area contributed by atoms with Gasteiger partial charge in [0, 0.05) is 23.2 Å². The van der Waals surface area contributed by atoms with Crippen LogP contribution in [-0.4, -0.2) is 23.4 Å². The Bertz CT molecular complexity index is 411. The smallest absolute Gasteiger partial charge is 0.124 e. The predicted octanol–water partition coefficient (Wildman–Crippen LogP) is 2.74. The van der Waals surface area contributed by atoms with Crippen molar-refractivity contribution in [2.24, 2.45) is 0 Å². The second-order valence-corrected chi connectivity index (χ2v) is 5.94. The SMILES string of the molecule is CC(C)(O)COc1ccc(Cl)cc1CNC1CC1. The van der Waals surface area contributed by atoms with Crippen LogP contribution in [0, 0.1) is 0 Å². The van der Waals surface area contributed by atoms with Crippen molar-refractivity contribution in [1.29, 1.82) is 0 Å². The molecule has 0 aliphatic heterocycles. The fraction of sp³-hybridized carbons (Fsp3) is 0.571. The van der Waals surface area contributed by atoms with Crippen molar-refractivity contribution >= 4 is 11.6 Å². The van der Waals surface area contributed by atoms with Gasteiger partial charge in [-0.2, -0.15) is 0 Å². The molecule has 0 radical (unpaired) electrons. The summed E-state index contributed by atoms with van der Waals surface area (Å²) in [4.78, 5) is 0. The topological polar surface area (TPSA) is 41.5 Å². The summed E-state index contributed by atoms with van der Waals surface area (Å²) in [5.74, 6) is 0.787. The molecule has 3 nitrogen and oxygen atoms in total. The van der Waals surface area contributed by atoms with Gasteiger partial charge in [0.1, 0.15) is 12.4 Å². The van der Waals surface area contributed by atoms with E-state index < -0.39 is 5.60 Å². The Labute approximate surface area is 113 Å². The Hall–Kier alpha value is -0.770. The van der Waals surface area contributed by atoms with Gasteiger partial charge in [0.25, 0.3) is 0 Å². The van der Waals surface area contributed by atoms with Crippen LogP contribution in [-0.2, 0) is 6.54 Å². The number of halogens is 1. The lowest BCUT2D eigenvalue weighted by Gasteiger charge is -2.19. The van der Waals surface area contributed by atoms with E-state index in [2.05, 4.69) is 5.32 Å². The maximum atomic E-state index is 9.69. The summed E-state index contributed by atoms with van der Waals surface area (Å²) in [7, 11) is 0. The molecule has 18 heavy (non-hydrogen) atoms. The van der Waals surface area contributed by atoms with Crippen LogP contribution in [0.4, 0.5) is 0 Å². The van der Waals surface area contributed by atoms with E-state index >= 15 is 0 Å². The normalized spacial score (nSPS) is 15.8. The van der Waals surface area contributed by atoms with Crippen LogP contribution in [0.5, 0.6) is 5.75 Å². The molecule has 0 unspecified atom stereocenters. The zero-order valence-corrected chi connectivity index (χ0v) is 11.6. The zero-order valence-electron chi connectivity index (χ0n) is 10.9. The molecule has 0 atom stereocenters. The molecule has 1 saturated carbocycles. The molecule has 1 fully saturated rings. The van der Waals surface area contributed by atoms with Crippen molar-refractivity contribution in [2.45, 2.75) is 44.9 Å². The Morgan fingerprint density at radius 1 is 1.44 bits per heavy atom. The third-order valence-electron chi connectivity index (χ3n) is 2.76. The van der Waals surface area contributed by atoms with Crippen molar-refractivity contribution in [3.8, 4) is 5.75 Å². The molecule has 1 aliphatic rings. The van der Waals surface area contributed by atoms with Gasteiger partial charge in [-0.3, -0.25) is 0 Å². The molecular formula is C14H20ClNO2. The van der Waals surface area contributed by atoms with Gasteiger partial charge in [-0.05, 0) is 44.9 Å². The summed E-state index contributed by atoms with van der Waals surface area (Å²) in [6, 6.07) is 6.22. The minimum absolute atomic E-state index is 0.269. The number of nitrogens with one attached hydrogen (secondary N) is 1. The van der Waals surface area contributed by atoms with Crippen LogP contribution < -0.4 is 10.1 Å². The fourth-order valence-electron chi connectivity index (χ4n) is 1.62. The number of hydrogen-bond donors (Lipinski definition) is 2. The van der Waals surface area contributed by atoms with Crippen molar-refractivity contribution in [2.75, 3.05) is 6.61 Å². The lowest BCUT2D eigenvalue weighted by atomic mass is 10.1. The van der Waals surface area contributed by atoms with E-state index in [4.69, 9.17) is 16.3 Å². The first-order chi connectivity index (χ1) is 8.44. The summed E-state index contributed by atoms with van der Waals surface area (Å²) in [6.45, 7) is 4.48. The number of aliphatic hydroxyl groups is 1. The van der Waals surface area contributed by atoms with E-state index in [0.717, 1.165) is 17.9 Å². The number of benzene rings is 1. The van der Waals surface area contributed by atoms with E-state index in [9.17, 15) is 5.11 Å². The molecule has 0 spiro atoms. The molecule has 100 valence electrons. The average Bonchev–Trinajstić information content (AvgIpc) is 3.07. The van der Waals surface area contributed by atoms with Crippen LogP contribution in [0.3, 0.4) is 0 Å². The number of hydrogen-bond acceptors (Lipinski definition) is 3. The lowest BCUT2D eigenvalue weighted by molar-refractivity contribution is 0.0281. The molecule has 0 heterocycles. The second-order valence-electron chi connectivity index (χ2n) is 5.51. The molecule has 2 rings (SSSR count). The largest absolute Gasteiger partial charge is 0.490 e. The first-order valence-electron chi connectivity index (χ1n) is 6.31.